The number of tetrazole rings is 1. The van der Waals surface area contributed by atoms with Crippen molar-refractivity contribution in [2.45, 2.75) is 33.2 Å². The van der Waals surface area contributed by atoms with Crippen molar-refractivity contribution < 1.29 is 14.3 Å². The Balaban J connectivity index is 2.17. The molecule has 1 aromatic carbocycles. The number of halogens is 1. The van der Waals surface area contributed by atoms with Gasteiger partial charge < -0.3 is 14.8 Å². The minimum Gasteiger partial charge on any atom is -0.493 e. The minimum atomic E-state index is -0.551. The fourth-order valence-electron chi connectivity index (χ4n) is 2.85. The zero-order valence-corrected chi connectivity index (χ0v) is 16.4. The van der Waals surface area contributed by atoms with E-state index in [0.717, 1.165) is 16.5 Å². The molecular weight excluding hydrogens is 402 g/mol. The van der Waals surface area contributed by atoms with Crippen molar-refractivity contribution in [1.29, 1.82) is 0 Å². The van der Waals surface area contributed by atoms with E-state index in [-0.39, 0.29) is 6.61 Å². The highest BCUT2D eigenvalue weighted by molar-refractivity contribution is 9.10. The second kappa shape index (κ2) is 7.86. The van der Waals surface area contributed by atoms with Crippen LogP contribution < -0.4 is 10.1 Å². The van der Waals surface area contributed by atoms with E-state index in [4.69, 9.17) is 9.47 Å². The van der Waals surface area contributed by atoms with Gasteiger partial charge in [-0.1, -0.05) is 28.0 Å². The fraction of sp³-hybridized carbons (Fsp3) is 0.412. The Hall–Kier alpha value is -2.42. The number of benzene rings is 1. The molecule has 26 heavy (non-hydrogen) atoms. The molecule has 1 atom stereocenters. The van der Waals surface area contributed by atoms with E-state index < -0.39 is 12.0 Å². The van der Waals surface area contributed by atoms with Crippen molar-refractivity contribution >= 4 is 27.8 Å². The normalized spacial score (nSPS) is 16.1. The van der Waals surface area contributed by atoms with Crippen LogP contribution in [0.1, 0.15) is 38.8 Å². The fourth-order valence-corrected chi connectivity index (χ4v) is 3.23. The molecule has 1 N–H and O–H groups in total. The maximum absolute atomic E-state index is 12.7. The lowest BCUT2D eigenvalue weighted by Crippen LogP contribution is -2.30. The number of esters is 1. The van der Waals surface area contributed by atoms with Crippen molar-refractivity contribution in [3.63, 3.8) is 0 Å². The molecule has 0 aliphatic carbocycles. The van der Waals surface area contributed by atoms with Gasteiger partial charge in [0.15, 0.2) is 0 Å². The van der Waals surface area contributed by atoms with E-state index in [2.05, 4.69) is 36.8 Å². The summed E-state index contributed by atoms with van der Waals surface area (Å²) in [6.07, 6.45) is 0.872. The molecule has 0 fully saturated rings. The van der Waals surface area contributed by atoms with Gasteiger partial charge in [0.2, 0.25) is 5.95 Å². The number of nitrogens with one attached hydrogen (secondary N) is 1. The molecule has 0 saturated heterocycles. The summed E-state index contributed by atoms with van der Waals surface area (Å²) in [6, 6.07) is 5.14. The Morgan fingerprint density at radius 1 is 1.38 bits per heavy atom. The van der Waals surface area contributed by atoms with Gasteiger partial charge in [0.05, 0.1) is 18.8 Å². The number of allylic oxidation sites excluding steroid dienone is 1. The number of nitrogens with zero attached hydrogens (tertiary/aromatic N) is 4. The average molecular weight is 422 g/mol. The van der Waals surface area contributed by atoms with Crippen LogP contribution in [0.5, 0.6) is 5.75 Å². The maximum atomic E-state index is 12.7. The van der Waals surface area contributed by atoms with Gasteiger partial charge in [-0.3, -0.25) is 0 Å². The van der Waals surface area contributed by atoms with Gasteiger partial charge in [-0.05, 0) is 48.9 Å². The molecule has 3 rings (SSSR count). The first-order chi connectivity index (χ1) is 12.6. The van der Waals surface area contributed by atoms with Crippen LogP contribution in [-0.2, 0) is 9.53 Å². The predicted octanol–water partition coefficient (Wildman–Crippen LogP) is 3.08. The highest BCUT2D eigenvalue weighted by atomic mass is 79.9. The Morgan fingerprint density at radius 3 is 2.92 bits per heavy atom. The van der Waals surface area contributed by atoms with Crippen LogP contribution >= 0.6 is 15.9 Å². The van der Waals surface area contributed by atoms with E-state index in [9.17, 15) is 4.79 Å². The van der Waals surface area contributed by atoms with Gasteiger partial charge in [0, 0.05) is 15.7 Å². The number of hydrogen-bond acceptors (Lipinski definition) is 7. The molecule has 0 unspecified atom stereocenters. The van der Waals surface area contributed by atoms with Crippen LogP contribution in [0.2, 0.25) is 0 Å². The summed E-state index contributed by atoms with van der Waals surface area (Å²) in [5.41, 5.74) is 1.88. The summed E-state index contributed by atoms with van der Waals surface area (Å²) < 4.78 is 13.6. The van der Waals surface area contributed by atoms with Crippen LogP contribution in [-0.4, -0.2) is 39.4 Å². The first-order valence-corrected chi connectivity index (χ1v) is 9.21. The largest absolute Gasteiger partial charge is 0.493 e. The highest BCUT2D eigenvalue weighted by Crippen LogP contribution is 2.40. The summed E-state index contributed by atoms with van der Waals surface area (Å²) in [6.45, 7) is 6.47. The molecule has 138 valence electrons. The third-order valence-electron chi connectivity index (χ3n) is 3.94. The molecule has 1 aliphatic rings. The van der Waals surface area contributed by atoms with Crippen LogP contribution in [0.3, 0.4) is 0 Å². The number of ether oxygens (including phenoxy) is 2. The molecule has 8 nitrogen and oxygen atoms in total. The zero-order valence-electron chi connectivity index (χ0n) is 14.8. The molecule has 1 aliphatic heterocycles. The van der Waals surface area contributed by atoms with Gasteiger partial charge in [-0.25, -0.2) is 4.79 Å². The van der Waals surface area contributed by atoms with Gasteiger partial charge in [-0.15, -0.1) is 0 Å². The molecular formula is C17H20BrN5O3. The van der Waals surface area contributed by atoms with Crippen molar-refractivity contribution in [3.8, 4) is 5.75 Å². The number of carbonyl (C=O) groups excluding carboxylic acids is 1. The molecule has 0 saturated carbocycles. The number of hydrogen-bond donors (Lipinski definition) is 1. The molecule has 1 aromatic heterocycles. The minimum absolute atomic E-state index is 0.280. The van der Waals surface area contributed by atoms with Crippen molar-refractivity contribution in [3.05, 3.63) is 39.5 Å². The van der Waals surface area contributed by atoms with E-state index in [1.54, 1.807) is 11.6 Å². The highest BCUT2D eigenvalue weighted by Gasteiger charge is 2.36. The van der Waals surface area contributed by atoms with Gasteiger partial charge >= 0.3 is 5.97 Å². The standard InChI is InChI=1S/C17H20BrN5O3/c1-4-8-26-13-7-6-11(18)9-12(13)15-14(16(24)25-5-2)10(3)19-17-20-21-22-23(15)17/h6-7,9,15H,4-5,8H2,1-3H3,(H,19,20,22)/t15-/m0/s1. The summed E-state index contributed by atoms with van der Waals surface area (Å²) in [4.78, 5) is 12.7. The molecule has 0 radical (unpaired) electrons. The van der Waals surface area contributed by atoms with Crippen LogP contribution in [0, 0.1) is 0 Å². The molecule has 2 aromatic rings. The molecule has 9 heteroatoms. The Morgan fingerprint density at radius 2 is 2.19 bits per heavy atom. The molecule has 2 heterocycles. The Labute approximate surface area is 159 Å². The predicted molar refractivity (Wildman–Crippen MR) is 98.8 cm³/mol. The summed E-state index contributed by atoms with van der Waals surface area (Å²) in [5.74, 6) is 0.727. The second-order valence-electron chi connectivity index (χ2n) is 5.76. The zero-order chi connectivity index (χ0) is 18.7. The van der Waals surface area contributed by atoms with Gasteiger partial charge in [-0.2, -0.15) is 4.68 Å². The number of aromatic nitrogens is 4. The molecule has 0 amide bonds. The van der Waals surface area contributed by atoms with E-state index in [1.807, 2.05) is 32.0 Å². The van der Waals surface area contributed by atoms with Crippen LogP contribution in [0.15, 0.2) is 33.9 Å². The van der Waals surface area contributed by atoms with Gasteiger partial charge in [0.1, 0.15) is 11.8 Å². The number of anilines is 1. The first kappa shape index (κ1) is 18.4. The van der Waals surface area contributed by atoms with Crippen molar-refractivity contribution in [1.82, 2.24) is 20.2 Å². The smallest absolute Gasteiger partial charge is 0.338 e. The lowest BCUT2D eigenvalue weighted by molar-refractivity contribution is -0.139. The number of carbonyl (C=O) groups is 1. The van der Waals surface area contributed by atoms with Crippen LogP contribution in [0.25, 0.3) is 0 Å². The van der Waals surface area contributed by atoms with E-state index >= 15 is 0 Å². The monoisotopic (exact) mass is 421 g/mol. The second-order valence-corrected chi connectivity index (χ2v) is 6.68. The Bertz CT molecular complexity index is 849. The number of rotatable bonds is 6. The Kier molecular flexibility index (Phi) is 5.55. The maximum Gasteiger partial charge on any atom is 0.338 e. The number of fused-ring (bicyclic) bond motifs is 1. The quantitative estimate of drug-likeness (QED) is 0.716. The van der Waals surface area contributed by atoms with E-state index in [0.29, 0.717) is 29.6 Å². The summed E-state index contributed by atoms with van der Waals surface area (Å²) >= 11 is 3.50. The molecule has 0 spiro atoms. The lowest BCUT2D eigenvalue weighted by atomic mass is 9.95. The third kappa shape index (κ3) is 3.44. The molecule has 0 bridgehead atoms. The van der Waals surface area contributed by atoms with Crippen molar-refractivity contribution in [2.75, 3.05) is 18.5 Å². The summed E-state index contributed by atoms with van der Waals surface area (Å²) in [5, 5.41) is 14.9. The first-order valence-electron chi connectivity index (χ1n) is 8.41. The van der Waals surface area contributed by atoms with E-state index in [1.165, 1.54) is 0 Å². The lowest BCUT2D eigenvalue weighted by Gasteiger charge is -2.28. The van der Waals surface area contributed by atoms with Gasteiger partial charge in [0.25, 0.3) is 0 Å². The van der Waals surface area contributed by atoms with Crippen molar-refractivity contribution in [2.24, 2.45) is 0 Å². The third-order valence-corrected chi connectivity index (χ3v) is 4.43. The van der Waals surface area contributed by atoms with Crippen LogP contribution in [0.4, 0.5) is 5.95 Å². The summed E-state index contributed by atoms with van der Waals surface area (Å²) in [7, 11) is 0. The topological polar surface area (TPSA) is 91.2 Å². The average Bonchev–Trinajstić information content (AvgIpc) is 3.07. The SMILES string of the molecule is CCCOc1ccc(Br)cc1[C@H]1C(C(=O)OCC)=C(C)Nc2nnnn21.